The Kier molecular flexibility index (Phi) is 7.76. The second-order valence-corrected chi connectivity index (χ2v) is 10.3. The number of rotatable bonds is 8. The summed E-state index contributed by atoms with van der Waals surface area (Å²) in [5.74, 6) is -3.79. The monoisotopic (exact) mass is 512 g/mol. The number of nitrogens with zero attached hydrogens (tertiary/aromatic N) is 2. The third-order valence-electron chi connectivity index (χ3n) is 7.02. The van der Waals surface area contributed by atoms with Crippen molar-refractivity contribution in [3.05, 3.63) is 76.9 Å². The first-order valence-corrected chi connectivity index (χ1v) is 12.4. The fraction of sp³-hybridized carbons (Fsp3) is 0.379. The van der Waals surface area contributed by atoms with E-state index in [1.54, 1.807) is 19.1 Å². The van der Waals surface area contributed by atoms with Gasteiger partial charge in [-0.1, -0.05) is 26.0 Å². The van der Waals surface area contributed by atoms with Gasteiger partial charge in [-0.25, -0.2) is 8.78 Å². The van der Waals surface area contributed by atoms with E-state index in [9.17, 15) is 14.3 Å². The number of anilines is 1. The molecular formula is C29H31F3N2O3. The summed E-state index contributed by atoms with van der Waals surface area (Å²) < 4.78 is 49.1. The molecule has 3 aromatic rings. The van der Waals surface area contributed by atoms with Crippen LogP contribution in [0.25, 0.3) is 11.1 Å². The molecule has 1 fully saturated rings. The minimum absolute atomic E-state index is 0.00218. The van der Waals surface area contributed by atoms with Crippen molar-refractivity contribution < 1.29 is 27.8 Å². The number of aryl methyl sites for hydroxylation is 1. The minimum Gasteiger partial charge on any atom is -0.490 e. The highest BCUT2D eigenvalue weighted by atomic mass is 19.2. The van der Waals surface area contributed by atoms with E-state index in [1.165, 1.54) is 30.5 Å². The number of hydrogen-bond donors (Lipinski definition) is 1. The summed E-state index contributed by atoms with van der Waals surface area (Å²) in [6.07, 6.45) is 3.40. The van der Waals surface area contributed by atoms with Gasteiger partial charge >= 0.3 is 5.97 Å². The standard InChI is InChI=1S/C29H31F3N2O3/c1-18-22(16-25(35)36)28(34-13-11-29(2,3)12-14-34)23(17-33-18)21-8-9-24(27(32)26(21)31)37-15-10-19-4-6-20(30)7-5-19/h4-9,17H,10-16H2,1-3H3,(H,35,36). The Balaban J connectivity index is 1.66. The Labute approximate surface area is 214 Å². The van der Waals surface area contributed by atoms with Crippen molar-refractivity contribution in [2.45, 2.75) is 46.5 Å². The second kappa shape index (κ2) is 10.8. The molecule has 1 saturated heterocycles. The molecule has 0 saturated carbocycles. The van der Waals surface area contributed by atoms with Crippen molar-refractivity contribution in [2.24, 2.45) is 5.41 Å². The van der Waals surface area contributed by atoms with Crippen LogP contribution in [-0.2, 0) is 17.6 Å². The van der Waals surface area contributed by atoms with E-state index in [2.05, 4.69) is 23.7 Å². The van der Waals surface area contributed by atoms with Gasteiger partial charge in [-0.15, -0.1) is 0 Å². The molecule has 1 aliphatic heterocycles. The molecule has 0 radical (unpaired) electrons. The number of carboxylic acid groups (broad SMARTS) is 1. The van der Waals surface area contributed by atoms with Gasteiger partial charge in [0.15, 0.2) is 11.6 Å². The van der Waals surface area contributed by atoms with Crippen LogP contribution in [0, 0.1) is 29.8 Å². The lowest BCUT2D eigenvalue weighted by atomic mass is 9.82. The van der Waals surface area contributed by atoms with E-state index in [4.69, 9.17) is 4.74 Å². The summed E-state index contributed by atoms with van der Waals surface area (Å²) in [5.41, 5.74) is 2.96. The molecule has 37 heavy (non-hydrogen) atoms. The zero-order chi connectivity index (χ0) is 26.7. The average molecular weight is 513 g/mol. The Morgan fingerprint density at radius 1 is 1.03 bits per heavy atom. The van der Waals surface area contributed by atoms with Crippen LogP contribution in [0.3, 0.4) is 0 Å². The number of carbonyl (C=O) groups is 1. The van der Waals surface area contributed by atoms with E-state index in [1.807, 2.05) is 0 Å². The number of pyridine rings is 1. The fourth-order valence-electron chi connectivity index (χ4n) is 4.67. The van der Waals surface area contributed by atoms with Gasteiger partial charge in [-0.3, -0.25) is 9.78 Å². The molecule has 0 amide bonds. The predicted octanol–water partition coefficient (Wildman–Crippen LogP) is 6.35. The Morgan fingerprint density at radius 2 is 1.70 bits per heavy atom. The van der Waals surface area contributed by atoms with Gasteiger partial charge < -0.3 is 14.7 Å². The molecule has 0 bridgehead atoms. The number of aromatic nitrogens is 1. The number of ether oxygens (including phenoxy) is 1. The van der Waals surface area contributed by atoms with Crippen molar-refractivity contribution in [1.82, 2.24) is 4.98 Å². The second-order valence-electron chi connectivity index (χ2n) is 10.3. The molecule has 196 valence electrons. The van der Waals surface area contributed by atoms with Crippen LogP contribution in [0.5, 0.6) is 5.75 Å². The quantitative estimate of drug-likeness (QED) is 0.381. The summed E-state index contributed by atoms with van der Waals surface area (Å²) in [5, 5.41) is 9.56. The van der Waals surface area contributed by atoms with Gasteiger partial charge in [-0.05, 0) is 55.0 Å². The first-order chi connectivity index (χ1) is 17.6. The van der Waals surface area contributed by atoms with E-state index in [0.717, 1.165) is 18.4 Å². The highest BCUT2D eigenvalue weighted by Gasteiger charge is 2.30. The normalized spacial score (nSPS) is 15.0. The van der Waals surface area contributed by atoms with Crippen molar-refractivity contribution in [2.75, 3.05) is 24.6 Å². The third-order valence-corrected chi connectivity index (χ3v) is 7.02. The zero-order valence-electron chi connectivity index (χ0n) is 21.3. The highest BCUT2D eigenvalue weighted by Crippen LogP contribution is 2.41. The summed E-state index contributed by atoms with van der Waals surface area (Å²) in [4.78, 5) is 18.1. The van der Waals surface area contributed by atoms with E-state index in [-0.39, 0.29) is 35.6 Å². The summed E-state index contributed by atoms with van der Waals surface area (Å²) in [6.45, 7) is 7.53. The van der Waals surface area contributed by atoms with Gasteiger partial charge in [0, 0.05) is 48.1 Å². The van der Waals surface area contributed by atoms with Crippen molar-refractivity contribution in [3.8, 4) is 16.9 Å². The molecule has 1 N–H and O–H groups in total. The predicted molar refractivity (Wildman–Crippen MR) is 136 cm³/mol. The van der Waals surface area contributed by atoms with Crippen molar-refractivity contribution in [3.63, 3.8) is 0 Å². The van der Waals surface area contributed by atoms with E-state index in [0.29, 0.717) is 42.0 Å². The molecule has 0 aliphatic carbocycles. The number of carboxylic acids is 1. The van der Waals surface area contributed by atoms with Gasteiger partial charge in [0.25, 0.3) is 0 Å². The smallest absolute Gasteiger partial charge is 0.307 e. The van der Waals surface area contributed by atoms with Gasteiger partial charge in [0.1, 0.15) is 5.82 Å². The molecule has 2 heterocycles. The Morgan fingerprint density at radius 3 is 2.35 bits per heavy atom. The van der Waals surface area contributed by atoms with Crippen molar-refractivity contribution in [1.29, 1.82) is 0 Å². The number of piperidine rings is 1. The zero-order valence-corrected chi connectivity index (χ0v) is 21.3. The molecule has 0 spiro atoms. The van der Waals surface area contributed by atoms with Gasteiger partial charge in [-0.2, -0.15) is 4.39 Å². The lowest BCUT2D eigenvalue weighted by Gasteiger charge is -2.40. The Hall–Kier alpha value is -3.55. The maximum Gasteiger partial charge on any atom is 0.307 e. The lowest BCUT2D eigenvalue weighted by molar-refractivity contribution is -0.136. The van der Waals surface area contributed by atoms with Gasteiger partial charge in [0.2, 0.25) is 5.82 Å². The first-order valence-electron chi connectivity index (χ1n) is 12.4. The number of benzene rings is 2. The van der Waals surface area contributed by atoms with Crippen LogP contribution in [0.2, 0.25) is 0 Å². The topological polar surface area (TPSA) is 62.7 Å². The van der Waals surface area contributed by atoms with E-state index >= 15 is 8.78 Å². The van der Waals surface area contributed by atoms with Crippen LogP contribution in [-0.4, -0.2) is 35.8 Å². The Bertz CT molecular complexity index is 1280. The molecule has 0 atom stereocenters. The minimum atomic E-state index is -1.12. The van der Waals surface area contributed by atoms with Crippen LogP contribution < -0.4 is 9.64 Å². The van der Waals surface area contributed by atoms with Crippen LogP contribution in [0.4, 0.5) is 18.9 Å². The molecule has 0 unspecified atom stereocenters. The third kappa shape index (κ3) is 6.06. The molecule has 1 aromatic heterocycles. The van der Waals surface area contributed by atoms with Gasteiger partial charge in [0.05, 0.1) is 18.7 Å². The number of hydrogen-bond acceptors (Lipinski definition) is 4. The SMILES string of the molecule is Cc1ncc(-c2ccc(OCCc3ccc(F)cc3)c(F)c2F)c(N2CCC(C)(C)CC2)c1CC(=O)O. The molecule has 1 aliphatic rings. The first kappa shape index (κ1) is 26.5. The number of halogens is 3. The summed E-state index contributed by atoms with van der Waals surface area (Å²) >= 11 is 0. The van der Waals surface area contributed by atoms with Crippen LogP contribution >= 0.6 is 0 Å². The summed E-state index contributed by atoms with van der Waals surface area (Å²) in [6, 6.07) is 8.71. The molecule has 5 nitrogen and oxygen atoms in total. The van der Waals surface area contributed by atoms with Crippen LogP contribution in [0.1, 0.15) is 43.5 Å². The fourth-order valence-corrected chi connectivity index (χ4v) is 4.67. The number of aliphatic carboxylic acids is 1. The average Bonchev–Trinajstić information content (AvgIpc) is 2.85. The molecule has 2 aromatic carbocycles. The van der Waals surface area contributed by atoms with Crippen LogP contribution in [0.15, 0.2) is 42.6 Å². The molecule has 4 rings (SSSR count). The highest BCUT2D eigenvalue weighted by molar-refractivity contribution is 5.85. The molecule has 8 heteroatoms. The maximum absolute atomic E-state index is 15.4. The lowest BCUT2D eigenvalue weighted by Crippen LogP contribution is -2.38. The maximum atomic E-state index is 15.4. The molecular weight excluding hydrogens is 481 g/mol. The van der Waals surface area contributed by atoms with Crippen molar-refractivity contribution >= 4 is 11.7 Å². The largest absolute Gasteiger partial charge is 0.490 e. The summed E-state index contributed by atoms with van der Waals surface area (Å²) in [7, 11) is 0. The van der Waals surface area contributed by atoms with E-state index < -0.39 is 17.6 Å².